The van der Waals surface area contributed by atoms with E-state index in [1.165, 1.54) is 0 Å². The molecular weight excluding hydrogens is 260 g/mol. The molecule has 0 spiro atoms. The lowest BCUT2D eigenvalue weighted by Crippen LogP contribution is -2.28. The molecule has 1 atom stereocenters. The second kappa shape index (κ2) is 6.50. The van der Waals surface area contributed by atoms with Crippen LogP contribution in [0.1, 0.15) is 6.42 Å². The summed E-state index contributed by atoms with van der Waals surface area (Å²) in [7, 11) is -7.41. The minimum absolute atomic E-state index is 0.454. The average molecular weight is 276 g/mol. The molecule has 0 rings (SSSR count). The van der Waals surface area contributed by atoms with Crippen molar-refractivity contribution in [3.05, 3.63) is 0 Å². The molecule has 0 aliphatic heterocycles. The fraction of sp³-hybridized carbons (Fsp3) is 1.00. The van der Waals surface area contributed by atoms with Gasteiger partial charge in [-0.2, -0.15) is 0 Å². The maximum absolute atomic E-state index is 11.2. The summed E-state index contributed by atoms with van der Waals surface area (Å²) < 4.78 is 44.5. The number of aliphatic hydroxyl groups excluding tert-OH is 3. The van der Waals surface area contributed by atoms with Crippen LogP contribution in [0.3, 0.4) is 0 Å². The largest absolute Gasteiger partial charge is 0.395 e. The Balaban J connectivity index is 4.33. The first-order chi connectivity index (χ1) is 7.25. The molecule has 0 aromatic heterocycles. The van der Waals surface area contributed by atoms with Gasteiger partial charge in [-0.15, -0.1) is 0 Å². The van der Waals surface area contributed by atoms with Crippen LogP contribution in [-0.4, -0.2) is 68.1 Å². The first-order valence-electron chi connectivity index (χ1n) is 4.57. The molecule has 7 nitrogen and oxygen atoms in total. The SMILES string of the molecule is O=S(=O)(CCO)CC[C@@H](O)S(=O)(=O)CCO. The molecule has 9 heteroatoms. The Kier molecular flexibility index (Phi) is 6.41. The van der Waals surface area contributed by atoms with Crippen molar-refractivity contribution in [2.24, 2.45) is 0 Å². The van der Waals surface area contributed by atoms with Gasteiger partial charge in [-0.05, 0) is 0 Å². The molecule has 0 aromatic carbocycles. The van der Waals surface area contributed by atoms with Crippen LogP contribution in [0, 0.1) is 0 Å². The molecule has 0 amide bonds. The van der Waals surface area contributed by atoms with E-state index >= 15 is 0 Å². The van der Waals surface area contributed by atoms with E-state index in [1.54, 1.807) is 0 Å². The van der Waals surface area contributed by atoms with E-state index in [4.69, 9.17) is 10.2 Å². The zero-order chi connectivity index (χ0) is 12.8. The Morgan fingerprint density at radius 2 is 1.38 bits per heavy atom. The second-order valence-corrected chi connectivity index (χ2v) is 7.79. The van der Waals surface area contributed by atoms with Gasteiger partial charge < -0.3 is 15.3 Å². The van der Waals surface area contributed by atoms with Gasteiger partial charge in [-0.1, -0.05) is 0 Å². The third-order valence-corrected chi connectivity index (χ3v) is 5.35. The molecule has 16 heavy (non-hydrogen) atoms. The summed E-state index contributed by atoms with van der Waals surface area (Å²) in [6, 6.07) is 0. The van der Waals surface area contributed by atoms with Crippen molar-refractivity contribution in [1.82, 2.24) is 0 Å². The number of sulfone groups is 2. The van der Waals surface area contributed by atoms with E-state index in [9.17, 15) is 21.9 Å². The van der Waals surface area contributed by atoms with E-state index in [1.807, 2.05) is 0 Å². The van der Waals surface area contributed by atoms with Crippen molar-refractivity contribution in [3.63, 3.8) is 0 Å². The highest BCUT2D eigenvalue weighted by Crippen LogP contribution is 2.06. The minimum Gasteiger partial charge on any atom is -0.395 e. The van der Waals surface area contributed by atoms with E-state index < -0.39 is 62.0 Å². The van der Waals surface area contributed by atoms with E-state index in [0.717, 1.165) is 0 Å². The molecule has 0 saturated carbocycles. The van der Waals surface area contributed by atoms with Crippen LogP contribution in [0.4, 0.5) is 0 Å². The Bertz CT molecular complexity index is 383. The summed E-state index contributed by atoms with van der Waals surface area (Å²) in [5.41, 5.74) is -1.80. The molecule has 0 fully saturated rings. The van der Waals surface area contributed by atoms with Crippen molar-refractivity contribution in [3.8, 4) is 0 Å². The topological polar surface area (TPSA) is 129 Å². The summed E-state index contributed by atoms with van der Waals surface area (Å²) in [4.78, 5) is 0. The third-order valence-electron chi connectivity index (χ3n) is 1.87. The lowest BCUT2D eigenvalue weighted by atomic mass is 10.5. The number of hydrogen-bond acceptors (Lipinski definition) is 7. The van der Waals surface area contributed by atoms with Gasteiger partial charge in [-0.25, -0.2) is 16.8 Å². The van der Waals surface area contributed by atoms with Gasteiger partial charge in [0, 0.05) is 6.42 Å². The monoisotopic (exact) mass is 276 g/mol. The van der Waals surface area contributed by atoms with Crippen molar-refractivity contribution in [2.45, 2.75) is 11.9 Å². The fourth-order valence-electron chi connectivity index (χ4n) is 0.964. The minimum atomic E-state index is -3.87. The molecule has 0 aliphatic rings. The quantitative estimate of drug-likeness (QED) is 0.447. The van der Waals surface area contributed by atoms with Crippen LogP contribution in [0.15, 0.2) is 0 Å². The number of hydrogen-bond donors (Lipinski definition) is 3. The maximum Gasteiger partial charge on any atom is 0.179 e. The molecule has 0 aliphatic carbocycles. The van der Waals surface area contributed by atoms with Crippen LogP contribution < -0.4 is 0 Å². The zero-order valence-electron chi connectivity index (χ0n) is 8.61. The van der Waals surface area contributed by atoms with Gasteiger partial charge in [0.1, 0.15) is 0 Å². The molecule has 0 bridgehead atoms. The Labute approximate surface area is 94.6 Å². The second-order valence-electron chi connectivity index (χ2n) is 3.21. The van der Waals surface area contributed by atoms with Crippen LogP contribution in [0.2, 0.25) is 0 Å². The van der Waals surface area contributed by atoms with Crippen molar-refractivity contribution in [1.29, 1.82) is 0 Å². The van der Waals surface area contributed by atoms with Crippen molar-refractivity contribution >= 4 is 19.7 Å². The van der Waals surface area contributed by atoms with Crippen molar-refractivity contribution < 1.29 is 32.2 Å². The van der Waals surface area contributed by atoms with Crippen molar-refractivity contribution in [2.75, 3.05) is 30.5 Å². The van der Waals surface area contributed by atoms with Gasteiger partial charge in [-0.3, -0.25) is 0 Å². The molecule has 0 radical (unpaired) electrons. The molecular formula is C7H16O7S2. The number of rotatable bonds is 8. The molecule has 0 saturated heterocycles. The van der Waals surface area contributed by atoms with Crippen LogP contribution >= 0.6 is 0 Å². The lowest BCUT2D eigenvalue weighted by Gasteiger charge is -2.10. The molecule has 0 unspecified atom stereocenters. The summed E-state index contributed by atoms with van der Waals surface area (Å²) in [6.45, 7) is -1.16. The summed E-state index contributed by atoms with van der Waals surface area (Å²) in [6.07, 6.45) is -0.454. The first kappa shape index (κ1) is 15.8. The Hall–Kier alpha value is -0.220. The number of aliphatic hydroxyl groups is 3. The van der Waals surface area contributed by atoms with Crippen LogP contribution in [0.5, 0.6) is 0 Å². The Morgan fingerprint density at radius 3 is 1.81 bits per heavy atom. The van der Waals surface area contributed by atoms with E-state index in [-0.39, 0.29) is 0 Å². The Morgan fingerprint density at radius 1 is 0.875 bits per heavy atom. The molecule has 0 heterocycles. The fourth-order valence-corrected chi connectivity index (χ4v) is 3.18. The van der Waals surface area contributed by atoms with Gasteiger partial charge in [0.05, 0.1) is 30.5 Å². The maximum atomic E-state index is 11.2. The normalized spacial score (nSPS) is 14.9. The molecule has 0 aromatic rings. The summed E-state index contributed by atoms with van der Waals surface area (Å²) >= 11 is 0. The van der Waals surface area contributed by atoms with Gasteiger partial charge in [0.2, 0.25) is 0 Å². The molecule has 3 N–H and O–H groups in total. The summed E-state index contributed by atoms with van der Waals surface area (Å²) in [5, 5.41) is 26.1. The smallest absolute Gasteiger partial charge is 0.179 e. The van der Waals surface area contributed by atoms with Gasteiger partial charge >= 0.3 is 0 Å². The van der Waals surface area contributed by atoms with Gasteiger partial charge in [0.15, 0.2) is 25.1 Å². The highest BCUT2D eigenvalue weighted by Gasteiger charge is 2.24. The summed E-state index contributed by atoms with van der Waals surface area (Å²) in [5.74, 6) is -1.58. The highest BCUT2D eigenvalue weighted by molar-refractivity contribution is 7.92. The predicted molar refractivity (Wildman–Crippen MR) is 57.2 cm³/mol. The zero-order valence-corrected chi connectivity index (χ0v) is 10.2. The molecule has 98 valence electrons. The lowest BCUT2D eigenvalue weighted by molar-refractivity contribution is 0.242. The third kappa shape index (κ3) is 5.75. The van der Waals surface area contributed by atoms with E-state index in [0.29, 0.717) is 0 Å². The highest BCUT2D eigenvalue weighted by atomic mass is 32.2. The van der Waals surface area contributed by atoms with Gasteiger partial charge in [0.25, 0.3) is 0 Å². The predicted octanol–water partition coefficient (Wildman–Crippen LogP) is -2.49. The standard InChI is InChI=1S/C7H16O7S2/c8-2-5-15(11,12)4-1-7(10)16(13,14)6-3-9/h7-10H,1-6H2/t7-/m0/s1. The average Bonchev–Trinajstić information content (AvgIpc) is 2.14. The first-order valence-corrected chi connectivity index (χ1v) is 8.10. The van der Waals surface area contributed by atoms with E-state index in [2.05, 4.69) is 0 Å². The van der Waals surface area contributed by atoms with Crippen LogP contribution in [-0.2, 0) is 19.7 Å². The van der Waals surface area contributed by atoms with Crippen LogP contribution in [0.25, 0.3) is 0 Å².